The number of benzene rings is 2. The summed E-state index contributed by atoms with van der Waals surface area (Å²) in [7, 11) is 0. The van der Waals surface area contributed by atoms with Crippen molar-refractivity contribution in [2.24, 2.45) is 0 Å². The van der Waals surface area contributed by atoms with Gasteiger partial charge in [0, 0.05) is 0 Å². The molecule has 2 aromatic rings. The van der Waals surface area contributed by atoms with Gasteiger partial charge in [0.05, 0.1) is 10.6 Å². The summed E-state index contributed by atoms with van der Waals surface area (Å²) < 4.78 is 0.601. The number of nitrogens with zero attached hydrogens (tertiary/aromatic N) is 1. The Balaban J connectivity index is 2.04. The third-order valence-corrected chi connectivity index (χ3v) is 6.14. The highest BCUT2D eigenvalue weighted by atomic mass is 32.2. The van der Waals surface area contributed by atoms with E-state index in [4.69, 9.17) is 12.2 Å². The minimum atomic E-state index is -0.0216. The van der Waals surface area contributed by atoms with Crippen LogP contribution in [-0.4, -0.2) is 10.2 Å². The highest BCUT2D eigenvalue weighted by Gasteiger charge is 2.35. The third kappa shape index (κ3) is 3.29. The summed E-state index contributed by atoms with van der Waals surface area (Å²) >= 11 is 6.93. The van der Waals surface area contributed by atoms with Crippen LogP contribution in [0.25, 0.3) is 5.57 Å². The fraction of sp³-hybridized carbons (Fsp3) is 0.238. The van der Waals surface area contributed by atoms with E-state index in [9.17, 15) is 4.79 Å². The van der Waals surface area contributed by atoms with Gasteiger partial charge in [-0.2, -0.15) is 0 Å². The summed E-state index contributed by atoms with van der Waals surface area (Å²) in [5.41, 5.74) is 6.56. The Morgan fingerprint density at radius 1 is 1.12 bits per heavy atom. The number of hydrogen-bond donors (Lipinski definition) is 0. The number of anilines is 1. The molecule has 0 spiro atoms. The molecule has 1 amide bonds. The number of rotatable bonds is 3. The summed E-state index contributed by atoms with van der Waals surface area (Å²) in [6.07, 6.45) is 0.864. The number of thioether (sulfide) groups is 1. The monoisotopic (exact) mass is 367 g/mol. The van der Waals surface area contributed by atoms with E-state index in [0.717, 1.165) is 33.7 Å². The molecule has 3 rings (SSSR count). The predicted octanol–water partition coefficient (Wildman–Crippen LogP) is 5.66. The van der Waals surface area contributed by atoms with E-state index < -0.39 is 0 Å². The first-order chi connectivity index (χ1) is 11.9. The summed E-state index contributed by atoms with van der Waals surface area (Å²) in [5, 5.41) is 0. The topological polar surface area (TPSA) is 20.3 Å². The Hall–Kier alpha value is -1.91. The number of aryl methyl sites for hydroxylation is 3. The van der Waals surface area contributed by atoms with E-state index in [1.807, 2.05) is 31.2 Å². The van der Waals surface area contributed by atoms with E-state index in [1.54, 1.807) is 4.90 Å². The Morgan fingerprint density at radius 2 is 1.84 bits per heavy atom. The van der Waals surface area contributed by atoms with Crippen LogP contribution in [0.2, 0.25) is 0 Å². The lowest BCUT2D eigenvalue weighted by atomic mass is 10.0. The van der Waals surface area contributed by atoms with Crippen molar-refractivity contribution in [3.63, 3.8) is 0 Å². The van der Waals surface area contributed by atoms with Crippen LogP contribution < -0.4 is 4.90 Å². The van der Waals surface area contributed by atoms with Gasteiger partial charge in [0.2, 0.25) is 0 Å². The lowest BCUT2D eigenvalue weighted by Crippen LogP contribution is -2.28. The van der Waals surface area contributed by atoms with Crippen LogP contribution in [0.1, 0.15) is 36.1 Å². The van der Waals surface area contributed by atoms with Gasteiger partial charge in [-0.3, -0.25) is 9.69 Å². The molecule has 0 radical (unpaired) electrons. The molecule has 128 valence electrons. The molecule has 0 saturated carbocycles. The maximum atomic E-state index is 13.1. The molecule has 1 saturated heterocycles. The molecule has 0 unspecified atom stereocenters. The van der Waals surface area contributed by atoms with Crippen LogP contribution in [-0.2, 0) is 11.2 Å². The number of para-hydroxylation sites is 1. The number of amides is 1. The van der Waals surface area contributed by atoms with E-state index >= 15 is 0 Å². The Labute approximate surface area is 158 Å². The van der Waals surface area contributed by atoms with Crippen molar-refractivity contribution in [2.75, 3.05) is 4.90 Å². The molecule has 2 aromatic carbocycles. The number of carbonyl (C=O) groups is 1. The normalized spacial score (nSPS) is 16.6. The van der Waals surface area contributed by atoms with Crippen LogP contribution >= 0.6 is 24.0 Å². The van der Waals surface area contributed by atoms with Crippen molar-refractivity contribution in [1.29, 1.82) is 0 Å². The standard InChI is InChI=1S/C21H21NOS2/c1-5-16-8-6-7-9-18(16)22-20(23)19(25-21(22)24)15(4)17-11-10-13(2)14(3)12-17/h6-12H,5H2,1-4H3/b19-15-. The largest absolute Gasteiger partial charge is 0.271 e. The van der Waals surface area contributed by atoms with Gasteiger partial charge in [-0.1, -0.05) is 67.3 Å². The number of carbonyl (C=O) groups excluding carboxylic acids is 1. The average Bonchev–Trinajstić information content (AvgIpc) is 2.91. The van der Waals surface area contributed by atoms with E-state index in [2.05, 4.69) is 39.0 Å². The minimum Gasteiger partial charge on any atom is -0.268 e. The second-order valence-corrected chi connectivity index (χ2v) is 7.89. The summed E-state index contributed by atoms with van der Waals surface area (Å²) in [6.45, 7) is 8.28. The van der Waals surface area contributed by atoms with Crippen molar-refractivity contribution in [3.05, 3.63) is 69.6 Å². The van der Waals surface area contributed by atoms with Crippen LogP contribution in [0.15, 0.2) is 47.4 Å². The second-order valence-electron chi connectivity index (χ2n) is 6.24. The van der Waals surface area contributed by atoms with E-state index in [-0.39, 0.29) is 5.91 Å². The summed E-state index contributed by atoms with van der Waals surface area (Å²) in [4.78, 5) is 15.5. The average molecular weight is 368 g/mol. The fourth-order valence-corrected chi connectivity index (χ4v) is 4.27. The predicted molar refractivity (Wildman–Crippen MR) is 112 cm³/mol. The molecule has 0 atom stereocenters. The van der Waals surface area contributed by atoms with Crippen LogP contribution in [0.5, 0.6) is 0 Å². The lowest BCUT2D eigenvalue weighted by Gasteiger charge is -2.18. The quantitative estimate of drug-likeness (QED) is 0.515. The number of hydrogen-bond acceptors (Lipinski definition) is 3. The molecule has 1 heterocycles. The van der Waals surface area contributed by atoms with Gasteiger partial charge >= 0.3 is 0 Å². The van der Waals surface area contributed by atoms with Crippen LogP contribution in [0.4, 0.5) is 5.69 Å². The first-order valence-corrected chi connectivity index (χ1v) is 9.59. The van der Waals surface area contributed by atoms with Gasteiger partial charge in [0.15, 0.2) is 4.32 Å². The molecule has 0 aliphatic carbocycles. The molecule has 2 nitrogen and oxygen atoms in total. The molecule has 0 bridgehead atoms. The highest BCUT2D eigenvalue weighted by molar-refractivity contribution is 8.27. The number of allylic oxidation sites excluding steroid dienone is 1. The van der Waals surface area contributed by atoms with E-state index in [1.165, 1.54) is 22.9 Å². The molecule has 1 fully saturated rings. The first-order valence-electron chi connectivity index (χ1n) is 8.36. The Morgan fingerprint density at radius 3 is 2.52 bits per heavy atom. The smallest absolute Gasteiger partial charge is 0.268 e. The zero-order valence-electron chi connectivity index (χ0n) is 14.9. The Kier molecular flexibility index (Phi) is 5.11. The molecule has 1 aliphatic rings. The van der Waals surface area contributed by atoms with Crippen molar-refractivity contribution < 1.29 is 4.79 Å². The van der Waals surface area contributed by atoms with Gasteiger partial charge < -0.3 is 0 Å². The third-order valence-electron chi connectivity index (χ3n) is 4.66. The molecule has 25 heavy (non-hydrogen) atoms. The summed E-state index contributed by atoms with van der Waals surface area (Å²) in [6, 6.07) is 14.3. The van der Waals surface area contributed by atoms with Gasteiger partial charge in [-0.15, -0.1) is 0 Å². The Bertz CT molecular complexity index is 899. The fourth-order valence-electron chi connectivity index (χ4n) is 2.94. The lowest BCUT2D eigenvalue weighted by molar-refractivity contribution is -0.113. The molecular formula is C21H21NOS2. The van der Waals surface area contributed by atoms with Gasteiger partial charge in [0.25, 0.3) is 5.91 Å². The maximum Gasteiger partial charge on any atom is 0.271 e. The molecular weight excluding hydrogens is 346 g/mol. The molecule has 4 heteroatoms. The minimum absolute atomic E-state index is 0.0216. The molecule has 1 aliphatic heterocycles. The molecule has 0 aromatic heterocycles. The molecule has 0 N–H and O–H groups in total. The number of thiocarbonyl (C=S) groups is 1. The zero-order valence-corrected chi connectivity index (χ0v) is 16.6. The van der Waals surface area contributed by atoms with Gasteiger partial charge in [0.1, 0.15) is 0 Å². The second kappa shape index (κ2) is 7.14. The van der Waals surface area contributed by atoms with Crippen molar-refractivity contribution in [3.8, 4) is 0 Å². The maximum absolute atomic E-state index is 13.1. The first kappa shape index (κ1) is 17.9. The van der Waals surface area contributed by atoms with Gasteiger partial charge in [-0.05, 0) is 61.1 Å². The highest BCUT2D eigenvalue weighted by Crippen LogP contribution is 2.40. The van der Waals surface area contributed by atoms with Crippen molar-refractivity contribution in [1.82, 2.24) is 0 Å². The zero-order chi connectivity index (χ0) is 18.1. The van der Waals surface area contributed by atoms with Crippen molar-refractivity contribution >= 4 is 45.5 Å². The van der Waals surface area contributed by atoms with Crippen LogP contribution in [0.3, 0.4) is 0 Å². The summed E-state index contributed by atoms with van der Waals surface area (Å²) in [5.74, 6) is -0.0216. The van der Waals surface area contributed by atoms with Crippen molar-refractivity contribution in [2.45, 2.75) is 34.1 Å². The van der Waals surface area contributed by atoms with E-state index in [0.29, 0.717) is 4.32 Å². The van der Waals surface area contributed by atoms with Gasteiger partial charge in [-0.25, -0.2) is 0 Å². The SMILES string of the molecule is CCc1ccccc1N1C(=O)/C(=C(\C)c2ccc(C)c(C)c2)SC1=S. The van der Waals surface area contributed by atoms with Crippen LogP contribution in [0, 0.1) is 13.8 Å².